The normalized spacial score (nSPS) is 13.7. The monoisotopic (exact) mass is 242 g/mol. The molecule has 0 spiro atoms. The topological polar surface area (TPSA) is 55.1 Å². The smallest absolute Gasteiger partial charge is 0.252 e. The summed E-state index contributed by atoms with van der Waals surface area (Å²) in [6, 6.07) is 5.69. The molecule has 0 unspecified atom stereocenters. The first kappa shape index (κ1) is 12.7. The molecule has 3 heteroatoms. The molecule has 0 saturated heterocycles. The first-order valence-electron chi connectivity index (χ1n) is 6.28. The van der Waals surface area contributed by atoms with E-state index in [4.69, 9.17) is 5.73 Å². The lowest BCUT2D eigenvalue weighted by atomic mass is 10.0. The number of carbonyl (C=O) groups is 1. The van der Waals surface area contributed by atoms with Crippen molar-refractivity contribution in [1.29, 1.82) is 0 Å². The molecule has 1 saturated carbocycles. The van der Waals surface area contributed by atoms with Gasteiger partial charge >= 0.3 is 0 Å². The van der Waals surface area contributed by atoms with E-state index in [0.29, 0.717) is 18.0 Å². The standard InChI is InChI=1S/C15H18N2O/c1-11-4-7-14(13(9-11)3-2-8-16)15(18)17-10-12-5-6-12/h4,7,9,12H,5-6,8,10,16H2,1H3,(H,17,18). The van der Waals surface area contributed by atoms with Gasteiger partial charge in [0, 0.05) is 12.1 Å². The molecule has 0 radical (unpaired) electrons. The van der Waals surface area contributed by atoms with Crippen molar-refractivity contribution < 1.29 is 4.79 Å². The fraction of sp³-hybridized carbons (Fsp3) is 0.400. The molecule has 1 amide bonds. The van der Waals surface area contributed by atoms with E-state index >= 15 is 0 Å². The van der Waals surface area contributed by atoms with Crippen LogP contribution in [0.1, 0.15) is 34.3 Å². The summed E-state index contributed by atoms with van der Waals surface area (Å²) in [5.41, 5.74) is 7.86. The molecule has 1 aliphatic carbocycles. The lowest BCUT2D eigenvalue weighted by Gasteiger charge is -2.07. The number of carbonyl (C=O) groups excluding carboxylic acids is 1. The molecule has 1 aromatic carbocycles. The second-order valence-corrected chi connectivity index (χ2v) is 4.71. The molecule has 3 N–H and O–H groups in total. The van der Waals surface area contributed by atoms with Crippen LogP contribution < -0.4 is 11.1 Å². The summed E-state index contributed by atoms with van der Waals surface area (Å²) in [6.07, 6.45) is 2.46. The lowest BCUT2D eigenvalue weighted by Crippen LogP contribution is -2.26. The van der Waals surface area contributed by atoms with Crippen LogP contribution in [0.2, 0.25) is 0 Å². The third-order valence-electron chi connectivity index (χ3n) is 2.99. The Morgan fingerprint density at radius 2 is 2.28 bits per heavy atom. The minimum Gasteiger partial charge on any atom is -0.352 e. The largest absolute Gasteiger partial charge is 0.352 e. The first-order chi connectivity index (χ1) is 8.70. The number of hydrogen-bond acceptors (Lipinski definition) is 2. The zero-order chi connectivity index (χ0) is 13.0. The van der Waals surface area contributed by atoms with E-state index in [1.807, 2.05) is 25.1 Å². The maximum Gasteiger partial charge on any atom is 0.252 e. The zero-order valence-electron chi connectivity index (χ0n) is 10.6. The van der Waals surface area contributed by atoms with E-state index in [-0.39, 0.29) is 5.91 Å². The van der Waals surface area contributed by atoms with Crippen molar-refractivity contribution >= 4 is 5.91 Å². The summed E-state index contributed by atoms with van der Waals surface area (Å²) in [5.74, 6) is 6.40. The first-order valence-corrected chi connectivity index (χ1v) is 6.28. The summed E-state index contributed by atoms with van der Waals surface area (Å²) < 4.78 is 0. The quantitative estimate of drug-likeness (QED) is 0.788. The van der Waals surface area contributed by atoms with Crippen LogP contribution in [-0.2, 0) is 0 Å². The highest BCUT2D eigenvalue weighted by Gasteiger charge is 2.22. The van der Waals surface area contributed by atoms with Crippen LogP contribution in [0, 0.1) is 24.7 Å². The van der Waals surface area contributed by atoms with Crippen LogP contribution in [-0.4, -0.2) is 19.0 Å². The van der Waals surface area contributed by atoms with Crippen LogP contribution >= 0.6 is 0 Å². The Hall–Kier alpha value is -1.79. The summed E-state index contributed by atoms with van der Waals surface area (Å²) in [6.45, 7) is 3.06. The van der Waals surface area contributed by atoms with E-state index in [2.05, 4.69) is 17.2 Å². The van der Waals surface area contributed by atoms with E-state index < -0.39 is 0 Å². The summed E-state index contributed by atoms with van der Waals surface area (Å²) in [5, 5.41) is 2.96. The Bertz CT molecular complexity index is 507. The number of hydrogen-bond donors (Lipinski definition) is 2. The van der Waals surface area contributed by atoms with Crippen LogP contribution in [0.3, 0.4) is 0 Å². The van der Waals surface area contributed by atoms with Gasteiger partial charge < -0.3 is 11.1 Å². The molecule has 0 heterocycles. The number of aryl methyl sites for hydroxylation is 1. The van der Waals surface area contributed by atoms with Gasteiger partial charge in [-0.2, -0.15) is 0 Å². The molecular weight excluding hydrogens is 224 g/mol. The van der Waals surface area contributed by atoms with Crippen molar-refractivity contribution in [2.45, 2.75) is 19.8 Å². The van der Waals surface area contributed by atoms with Crippen molar-refractivity contribution in [3.63, 3.8) is 0 Å². The van der Waals surface area contributed by atoms with Gasteiger partial charge in [0.25, 0.3) is 5.91 Å². The van der Waals surface area contributed by atoms with Crippen molar-refractivity contribution in [2.24, 2.45) is 11.7 Å². The average molecular weight is 242 g/mol. The number of nitrogens with two attached hydrogens (primary N) is 1. The molecule has 3 nitrogen and oxygen atoms in total. The molecule has 18 heavy (non-hydrogen) atoms. The number of amides is 1. The van der Waals surface area contributed by atoms with Gasteiger partial charge in [-0.25, -0.2) is 0 Å². The predicted octanol–water partition coefficient (Wildman–Crippen LogP) is 1.45. The van der Waals surface area contributed by atoms with E-state index in [1.165, 1.54) is 12.8 Å². The highest BCUT2D eigenvalue weighted by atomic mass is 16.1. The second-order valence-electron chi connectivity index (χ2n) is 4.71. The molecule has 0 aromatic heterocycles. The minimum atomic E-state index is -0.0387. The Labute approximate surface area is 108 Å². The van der Waals surface area contributed by atoms with Gasteiger partial charge in [-0.15, -0.1) is 0 Å². The van der Waals surface area contributed by atoms with Gasteiger partial charge in [0.05, 0.1) is 12.1 Å². The molecule has 94 valence electrons. The van der Waals surface area contributed by atoms with Gasteiger partial charge in [0.1, 0.15) is 0 Å². The Balaban J connectivity index is 2.15. The second kappa shape index (κ2) is 5.70. The van der Waals surface area contributed by atoms with Crippen LogP contribution in [0.15, 0.2) is 18.2 Å². The fourth-order valence-electron chi connectivity index (χ4n) is 1.76. The molecule has 0 aliphatic heterocycles. The molecule has 0 atom stereocenters. The van der Waals surface area contributed by atoms with Crippen molar-refractivity contribution in [3.8, 4) is 11.8 Å². The van der Waals surface area contributed by atoms with E-state index in [0.717, 1.165) is 17.7 Å². The predicted molar refractivity (Wildman–Crippen MR) is 72.2 cm³/mol. The van der Waals surface area contributed by atoms with Gasteiger partial charge in [0.15, 0.2) is 0 Å². The van der Waals surface area contributed by atoms with E-state index in [9.17, 15) is 4.79 Å². The SMILES string of the molecule is Cc1ccc(C(=O)NCC2CC2)c(C#CCN)c1. The third kappa shape index (κ3) is 3.35. The van der Waals surface area contributed by atoms with Gasteiger partial charge in [-0.05, 0) is 43.4 Å². The maximum atomic E-state index is 12.1. The molecule has 2 rings (SSSR count). The molecule has 0 bridgehead atoms. The maximum absolute atomic E-state index is 12.1. The number of benzene rings is 1. The minimum absolute atomic E-state index is 0.0387. The van der Waals surface area contributed by atoms with E-state index in [1.54, 1.807) is 0 Å². The van der Waals surface area contributed by atoms with Gasteiger partial charge in [-0.3, -0.25) is 4.79 Å². The fourth-order valence-corrected chi connectivity index (χ4v) is 1.76. The van der Waals surface area contributed by atoms with Gasteiger partial charge in [-0.1, -0.05) is 17.9 Å². The van der Waals surface area contributed by atoms with Gasteiger partial charge in [0.2, 0.25) is 0 Å². The van der Waals surface area contributed by atoms with Crippen molar-refractivity contribution in [1.82, 2.24) is 5.32 Å². The average Bonchev–Trinajstić information content (AvgIpc) is 3.17. The highest BCUT2D eigenvalue weighted by molar-refractivity contribution is 5.96. The Morgan fingerprint density at radius 3 is 2.94 bits per heavy atom. The summed E-state index contributed by atoms with van der Waals surface area (Å²) in [4.78, 5) is 12.1. The summed E-state index contributed by atoms with van der Waals surface area (Å²) >= 11 is 0. The Morgan fingerprint density at radius 1 is 1.50 bits per heavy atom. The van der Waals surface area contributed by atoms with Crippen LogP contribution in [0.5, 0.6) is 0 Å². The van der Waals surface area contributed by atoms with Crippen LogP contribution in [0.4, 0.5) is 0 Å². The molecule has 1 aliphatic rings. The third-order valence-corrected chi connectivity index (χ3v) is 2.99. The Kier molecular flexibility index (Phi) is 4.01. The van der Waals surface area contributed by atoms with Crippen molar-refractivity contribution in [3.05, 3.63) is 34.9 Å². The molecule has 1 aromatic rings. The number of nitrogens with one attached hydrogen (secondary N) is 1. The molecular formula is C15H18N2O. The van der Waals surface area contributed by atoms with Crippen LogP contribution in [0.25, 0.3) is 0 Å². The lowest BCUT2D eigenvalue weighted by molar-refractivity contribution is 0.0951. The highest BCUT2D eigenvalue weighted by Crippen LogP contribution is 2.27. The number of rotatable bonds is 3. The summed E-state index contributed by atoms with van der Waals surface area (Å²) in [7, 11) is 0. The van der Waals surface area contributed by atoms with Crippen molar-refractivity contribution in [2.75, 3.05) is 13.1 Å². The molecule has 1 fully saturated rings. The zero-order valence-corrected chi connectivity index (χ0v) is 10.6.